The van der Waals surface area contributed by atoms with E-state index in [-0.39, 0.29) is 11.6 Å². The van der Waals surface area contributed by atoms with Crippen LogP contribution in [0.1, 0.15) is 16.7 Å². The Kier molecular flexibility index (Phi) is 7.77. The number of hydrogen-bond donors (Lipinski definition) is 0. The Bertz CT molecular complexity index is 1270. The molecule has 4 rings (SSSR count). The number of hydrogen-bond acceptors (Lipinski definition) is 4. The molecule has 0 aliphatic carbocycles. The monoisotopic (exact) mass is 749 g/mol. The lowest BCUT2D eigenvalue weighted by Gasteiger charge is -2.12. The van der Waals surface area contributed by atoms with Crippen LogP contribution in [0.15, 0.2) is 78.7 Å². The zero-order valence-electron chi connectivity index (χ0n) is 16.0. The minimum Gasteiger partial charge on any atom is -0.487 e. The Morgan fingerprint density at radius 2 is 1.81 bits per heavy atom. The third-order valence-electron chi connectivity index (χ3n) is 4.38. The van der Waals surface area contributed by atoms with E-state index in [1.54, 1.807) is 12.1 Å². The van der Waals surface area contributed by atoms with Crippen LogP contribution in [0.5, 0.6) is 5.75 Å². The minimum atomic E-state index is -0.530. The molecule has 0 N–H and O–H groups in total. The van der Waals surface area contributed by atoms with Crippen molar-refractivity contribution in [2.24, 2.45) is 4.99 Å². The van der Waals surface area contributed by atoms with E-state index in [0.717, 1.165) is 28.1 Å². The van der Waals surface area contributed by atoms with Gasteiger partial charge in [0.05, 0.1) is 19.5 Å². The van der Waals surface area contributed by atoms with Gasteiger partial charge in [-0.2, -0.15) is 0 Å². The maximum Gasteiger partial charge on any atom is 0.363 e. The topological polar surface area (TPSA) is 47.9 Å². The van der Waals surface area contributed by atoms with E-state index in [2.05, 4.69) is 75.4 Å². The van der Waals surface area contributed by atoms with Gasteiger partial charge < -0.3 is 9.47 Å². The van der Waals surface area contributed by atoms with Gasteiger partial charge in [-0.1, -0.05) is 39.7 Å². The molecular formula is C23H12Br3ClINO3. The van der Waals surface area contributed by atoms with Crippen molar-refractivity contribution in [3.05, 3.63) is 99.0 Å². The summed E-state index contributed by atoms with van der Waals surface area (Å²) in [5.41, 5.74) is 2.56. The molecule has 0 radical (unpaired) electrons. The lowest BCUT2D eigenvalue weighted by Crippen LogP contribution is -2.06. The van der Waals surface area contributed by atoms with E-state index in [1.165, 1.54) is 0 Å². The van der Waals surface area contributed by atoms with Crippen LogP contribution in [0.25, 0.3) is 6.08 Å². The van der Waals surface area contributed by atoms with Gasteiger partial charge >= 0.3 is 5.97 Å². The Balaban J connectivity index is 1.58. The first-order valence-electron chi connectivity index (χ1n) is 9.14. The number of rotatable bonds is 5. The summed E-state index contributed by atoms with van der Waals surface area (Å²) in [5.74, 6) is 0.324. The average Bonchev–Trinajstić information content (AvgIpc) is 3.09. The molecule has 0 fully saturated rings. The molecule has 1 aliphatic rings. The first kappa shape index (κ1) is 23.9. The van der Waals surface area contributed by atoms with Crippen LogP contribution < -0.4 is 4.74 Å². The second-order valence-corrected chi connectivity index (χ2v) is 11.0. The van der Waals surface area contributed by atoms with Gasteiger partial charge in [-0.25, -0.2) is 9.79 Å². The lowest BCUT2D eigenvalue weighted by molar-refractivity contribution is -0.129. The zero-order valence-corrected chi connectivity index (χ0v) is 23.7. The second-order valence-electron chi connectivity index (χ2n) is 6.69. The number of ether oxygens (including phenoxy) is 2. The van der Waals surface area contributed by atoms with Crippen LogP contribution in [-0.2, 0) is 16.1 Å². The van der Waals surface area contributed by atoms with Crippen LogP contribution in [0.4, 0.5) is 0 Å². The predicted octanol–water partition coefficient (Wildman–Crippen LogP) is 8.16. The first-order valence-corrected chi connectivity index (χ1v) is 13.0. The fourth-order valence-electron chi connectivity index (χ4n) is 2.93. The van der Waals surface area contributed by atoms with Crippen molar-refractivity contribution < 1.29 is 14.3 Å². The summed E-state index contributed by atoms with van der Waals surface area (Å²) in [4.78, 5) is 16.7. The molecule has 3 aromatic carbocycles. The van der Waals surface area contributed by atoms with Gasteiger partial charge in [-0.15, -0.1) is 0 Å². The summed E-state index contributed by atoms with van der Waals surface area (Å²) in [6.45, 7) is 0.410. The smallest absolute Gasteiger partial charge is 0.363 e. The molecule has 0 atom stereocenters. The van der Waals surface area contributed by atoms with E-state index in [9.17, 15) is 4.79 Å². The van der Waals surface area contributed by atoms with Crippen molar-refractivity contribution >= 4 is 99.9 Å². The number of esters is 1. The first-order chi connectivity index (χ1) is 15.3. The molecule has 0 aromatic heterocycles. The SMILES string of the molecule is O=C1OC(c2cc(I)ccc2Cl)=N/C1=C\c1cc(Br)c(OCc2cccc(Br)c2)c(Br)c1. The highest BCUT2D eigenvalue weighted by atomic mass is 127. The number of benzene rings is 3. The normalized spacial score (nSPS) is 14.5. The molecule has 3 aromatic rings. The maximum absolute atomic E-state index is 12.4. The molecule has 0 saturated heterocycles. The van der Waals surface area contributed by atoms with Gasteiger partial charge in [-0.05, 0) is 114 Å². The third-order valence-corrected chi connectivity index (χ3v) is 7.05. The highest BCUT2D eigenvalue weighted by Crippen LogP contribution is 2.36. The van der Waals surface area contributed by atoms with Crippen molar-refractivity contribution in [2.75, 3.05) is 0 Å². The van der Waals surface area contributed by atoms with E-state index in [0.29, 0.717) is 22.9 Å². The largest absolute Gasteiger partial charge is 0.487 e. The highest BCUT2D eigenvalue weighted by molar-refractivity contribution is 14.1. The van der Waals surface area contributed by atoms with Crippen LogP contribution >= 0.6 is 82.0 Å². The highest BCUT2D eigenvalue weighted by Gasteiger charge is 2.26. The fraction of sp³-hybridized carbons (Fsp3) is 0.0435. The molecule has 0 spiro atoms. The number of carbonyl (C=O) groups excluding carboxylic acids is 1. The third kappa shape index (κ3) is 5.64. The molecular weight excluding hydrogens is 740 g/mol. The predicted molar refractivity (Wildman–Crippen MR) is 145 cm³/mol. The lowest BCUT2D eigenvalue weighted by atomic mass is 10.2. The summed E-state index contributed by atoms with van der Waals surface area (Å²) in [6.07, 6.45) is 1.66. The van der Waals surface area contributed by atoms with Crippen molar-refractivity contribution in [3.8, 4) is 5.75 Å². The van der Waals surface area contributed by atoms with Gasteiger partial charge in [0, 0.05) is 8.04 Å². The number of halogens is 5. The van der Waals surface area contributed by atoms with Crippen molar-refractivity contribution in [3.63, 3.8) is 0 Å². The Morgan fingerprint density at radius 1 is 1.06 bits per heavy atom. The van der Waals surface area contributed by atoms with Crippen LogP contribution in [-0.4, -0.2) is 11.9 Å². The number of nitrogens with zero attached hydrogens (tertiary/aromatic N) is 1. The molecule has 32 heavy (non-hydrogen) atoms. The molecule has 162 valence electrons. The Morgan fingerprint density at radius 3 is 2.53 bits per heavy atom. The molecule has 1 heterocycles. The van der Waals surface area contributed by atoms with Gasteiger partial charge in [-0.3, -0.25) is 0 Å². The Hall–Kier alpha value is -1.20. The molecule has 0 amide bonds. The fourth-order valence-corrected chi connectivity index (χ4v) is 5.51. The average molecular weight is 752 g/mol. The van der Waals surface area contributed by atoms with Crippen molar-refractivity contribution in [2.45, 2.75) is 6.61 Å². The Labute approximate surface area is 228 Å². The minimum absolute atomic E-state index is 0.191. The van der Waals surface area contributed by atoms with E-state index in [4.69, 9.17) is 21.1 Å². The van der Waals surface area contributed by atoms with Gasteiger partial charge in [0.2, 0.25) is 5.90 Å². The van der Waals surface area contributed by atoms with E-state index in [1.807, 2.05) is 48.5 Å². The van der Waals surface area contributed by atoms with Crippen molar-refractivity contribution in [1.82, 2.24) is 0 Å². The number of aliphatic imine (C=N–C) groups is 1. The number of cyclic esters (lactones) is 1. The summed E-state index contributed by atoms with van der Waals surface area (Å²) in [7, 11) is 0. The molecule has 9 heteroatoms. The summed E-state index contributed by atoms with van der Waals surface area (Å²) in [6, 6.07) is 17.1. The second kappa shape index (κ2) is 10.4. The molecule has 0 unspecified atom stereocenters. The molecule has 0 bridgehead atoms. The maximum atomic E-state index is 12.4. The van der Waals surface area contributed by atoms with Crippen LogP contribution in [0.2, 0.25) is 5.02 Å². The van der Waals surface area contributed by atoms with Crippen LogP contribution in [0.3, 0.4) is 0 Å². The van der Waals surface area contributed by atoms with Gasteiger partial charge in [0.1, 0.15) is 12.4 Å². The van der Waals surface area contributed by atoms with Crippen molar-refractivity contribution in [1.29, 1.82) is 0 Å². The van der Waals surface area contributed by atoms with Crippen LogP contribution in [0, 0.1) is 3.57 Å². The van der Waals surface area contributed by atoms with Gasteiger partial charge in [0.15, 0.2) is 5.70 Å². The quantitative estimate of drug-likeness (QED) is 0.150. The molecule has 0 saturated carbocycles. The standard InChI is InChI=1S/C23H12Br3ClINO3/c24-14-3-1-2-12(6-14)11-31-21-17(25)7-13(8-18(21)26)9-20-23(30)32-22(29-20)16-10-15(28)4-5-19(16)27/h1-10H,11H2/b20-9-. The van der Waals surface area contributed by atoms with E-state index >= 15 is 0 Å². The summed E-state index contributed by atoms with van der Waals surface area (Å²) < 4.78 is 14.8. The summed E-state index contributed by atoms with van der Waals surface area (Å²) >= 11 is 19.0. The van der Waals surface area contributed by atoms with E-state index < -0.39 is 5.97 Å². The zero-order chi connectivity index (χ0) is 22.8. The van der Waals surface area contributed by atoms with Gasteiger partial charge in [0.25, 0.3) is 0 Å². The molecule has 4 nitrogen and oxygen atoms in total. The number of carbonyl (C=O) groups is 1. The molecule has 1 aliphatic heterocycles. The summed E-state index contributed by atoms with van der Waals surface area (Å²) in [5, 5.41) is 0.468.